The number of hydrogen-bond donors (Lipinski definition) is 0. The maximum absolute atomic E-state index is 12.5. The molecule has 20 heavy (non-hydrogen) atoms. The van der Waals surface area contributed by atoms with Crippen LogP contribution in [0.5, 0.6) is 0 Å². The third-order valence-corrected chi connectivity index (χ3v) is 3.51. The molecular formula is C13H14N4O3. The van der Waals surface area contributed by atoms with Gasteiger partial charge in [-0.3, -0.25) is 18.3 Å². The summed E-state index contributed by atoms with van der Waals surface area (Å²) in [6.07, 6.45) is 1.51. The molecule has 0 saturated heterocycles. The Morgan fingerprint density at radius 2 is 2.05 bits per heavy atom. The van der Waals surface area contributed by atoms with E-state index < -0.39 is 5.69 Å². The van der Waals surface area contributed by atoms with Gasteiger partial charge in [-0.15, -0.1) is 6.58 Å². The van der Waals surface area contributed by atoms with E-state index in [9.17, 15) is 9.59 Å². The lowest BCUT2D eigenvalue weighted by atomic mass is 10.4. The number of allylic oxidation sites excluding steroid dienone is 1. The van der Waals surface area contributed by atoms with Gasteiger partial charge in [0, 0.05) is 13.6 Å². The Bertz CT molecular complexity index is 968. The van der Waals surface area contributed by atoms with Crippen LogP contribution in [0, 0.1) is 13.8 Å². The van der Waals surface area contributed by atoms with Crippen molar-refractivity contribution in [3.8, 4) is 0 Å². The summed E-state index contributed by atoms with van der Waals surface area (Å²) in [5.74, 6) is 1.01. The monoisotopic (exact) mass is 274 g/mol. The zero-order valence-corrected chi connectivity index (χ0v) is 11.5. The maximum Gasteiger partial charge on any atom is 0.332 e. The van der Waals surface area contributed by atoms with Gasteiger partial charge in [-0.05, 0) is 13.8 Å². The van der Waals surface area contributed by atoms with E-state index in [4.69, 9.17) is 4.42 Å². The molecule has 0 aliphatic carbocycles. The Morgan fingerprint density at radius 3 is 2.70 bits per heavy atom. The molecule has 104 valence electrons. The van der Waals surface area contributed by atoms with E-state index in [1.165, 1.54) is 10.6 Å². The highest BCUT2D eigenvalue weighted by Crippen LogP contribution is 2.19. The number of aryl methyl sites for hydroxylation is 3. The van der Waals surface area contributed by atoms with Crippen molar-refractivity contribution < 1.29 is 4.42 Å². The van der Waals surface area contributed by atoms with E-state index in [-0.39, 0.29) is 12.1 Å². The van der Waals surface area contributed by atoms with Crippen molar-refractivity contribution >= 4 is 17.0 Å². The van der Waals surface area contributed by atoms with Gasteiger partial charge in [-0.25, -0.2) is 4.79 Å². The van der Waals surface area contributed by atoms with Crippen LogP contribution in [0.4, 0.5) is 0 Å². The maximum atomic E-state index is 12.5. The molecule has 0 saturated carbocycles. The van der Waals surface area contributed by atoms with E-state index in [2.05, 4.69) is 11.6 Å². The Balaban J connectivity index is 2.64. The molecule has 0 aliphatic heterocycles. The van der Waals surface area contributed by atoms with Crippen molar-refractivity contribution in [1.29, 1.82) is 0 Å². The fraction of sp³-hybridized carbons (Fsp3) is 0.308. The summed E-state index contributed by atoms with van der Waals surface area (Å²) >= 11 is 0. The smallest absolute Gasteiger partial charge is 0.332 e. The first kappa shape index (κ1) is 12.5. The normalized spacial score (nSPS) is 11.6. The Labute approximate surface area is 113 Å². The van der Waals surface area contributed by atoms with Gasteiger partial charge in [0.1, 0.15) is 5.76 Å². The highest BCUT2D eigenvalue weighted by atomic mass is 16.4. The molecule has 0 aromatic carbocycles. The fourth-order valence-corrected chi connectivity index (χ4v) is 2.34. The van der Waals surface area contributed by atoms with Crippen molar-refractivity contribution in [2.75, 3.05) is 0 Å². The van der Waals surface area contributed by atoms with Crippen LogP contribution in [0.1, 0.15) is 11.5 Å². The minimum atomic E-state index is -0.419. The number of imidazole rings is 1. The number of fused-ring (bicyclic) bond motifs is 3. The summed E-state index contributed by atoms with van der Waals surface area (Å²) in [5.41, 5.74) is 0.654. The van der Waals surface area contributed by atoms with E-state index in [1.807, 2.05) is 6.92 Å². The minimum absolute atomic E-state index is 0.157. The number of oxazole rings is 1. The van der Waals surface area contributed by atoms with Crippen molar-refractivity contribution in [3.63, 3.8) is 0 Å². The summed E-state index contributed by atoms with van der Waals surface area (Å²) in [7, 11) is 1.58. The molecule has 0 aliphatic rings. The number of rotatable bonds is 2. The summed E-state index contributed by atoms with van der Waals surface area (Å²) in [6.45, 7) is 7.38. The first-order valence-corrected chi connectivity index (χ1v) is 6.16. The molecular weight excluding hydrogens is 260 g/mol. The zero-order valence-electron chi connectivity index (χ0n) is 11.5. The Morgan fingerprint density at radius 1 is 1.35 bits per heavy atom. The first-order chi connectivity index (χ1) is 9.47. The topological polar surface area (TPSA) is 74.4 Å². The van der Waals surface area contributed by atoms with Gasteiger partial charge in [0.05, 0.1) is 5.69 Å². The number of hydrogen-bond acceptors (Lipinski definition) is 4. The molecule has 0 atom stereocenters. The van der Waals surface area contributed by atoms with Crippen LogP contribution in [0.15, 0.2) is 26.7 Å². The molecule has 0 N–H and O–H groups in total. The molecule has 3 aromatic rings. The van der Waals surface area contributed by atoms with E-state index in [0.717, 1.165) is 10.3 Å². The van der Waals surface area contributed by atoms with Gasteiger partial charge in [-0.2, -0.15) is 4.98 Å². The van der Waals surface area contributed by atoms with Gasteiger partial charge in [0.25, 0.3) is 5.56 Å². The van der Waals surface area contributed by atoms with Gasteiger partial charge >= 0.3 is 11.5 Å². The lowest BCUT2D eigenvalue weighted by Gasteiger charge is -2.05. The lowest BCUT2D eigenvalue weighted by Crippen LogP contribution is -2.39. The van der Waals surface area contributed by atoms with Crippen LogP contribution in [0.2, 0.25) is 0 Å². The van der Waals surface area contributed by atoms with Crippen LogP contribution >= 0.6 is 0 Å². The molecule has 3 rings (SSSR count). The van der Waals surface area contributed by atoms with Crippen LogP contribution < -0.4 is 11.2 Å². The van der Waals surface area contributed by atoms with Crippen LogP contribution in [0.25, 0.3) is 17.0 Å². The summed E-state index contributed by atoms with van der Waals surface area (Å²) in [6, 6.07) is 0. The average Bonchev–Trinajstić information content (AvgIpc) is 2.91. The second kappa shape index (κ2) is 3.96. The van der Waals surface area contributed by atoms with Crippen molar-refractivity contribution in [1.82, 2.24) is 18.5 Å². The molecule has 7 nitrogen and oxygen atoms in total. The van der Waals surface area contributed by atoms with Crippen molar-refractivity contribution in [3.05, 3.63) is 44.9 Å². The summed E-state index contributed by atoms with van der Waals surface area (Å²) < 4.78 is 9.62. The molecule has 0 amide bonds. The molecule has 0 spiro atoms. The number of aromatic nitrogens is 4. The van der Waals surface area contributed by atoms with Crippen LogP contribution in [-0.2, 0) is 13.6 Å². The molecule has 0 radical (unpaired) electrons. The standard InChI is InChI=1S/C13H14N4O3/c1-5-6-16-11(18)9-10(15(4)13(16)19)14-12-17(9)7(2)8(3)20-12/h5H,1,6H2,2-4H3. The summed E-state index contributed by atoms with van der Waals surface area (Å²) in [4.78, 5) is 28.9. The van der Waals surface area contributed by atoms with Gasteiger partial charge in [0.15, 0.2) is 11.2 Å². The van der Waals surface area contributed by atoms with Crippen LogP contribution in [-0.4, -0.2) is 18.5 Å². The van der Waals surface area contributed by atoms with E-state index in [1.54, 1.807) is 18.4 Å². The fourth-order valence-electron chi connectivity index (χ4n) is 2.34. The highest BCUT2D eigenvalue weighted by molar-refractivity contribution is 5.75. The highest BCUT2D eigenvalue weighted by Gasteiger charge is 2.20. The second-order valence-corrected chi connectivity index (χ2v) is 4.69. The predicted molar refractivity (Wildman–Crippen MR) is 74.1 cm³/mol. The molecule has 0 unspecified atom stereocenters. The van der Waals surface area contributed by atoms with Gasteiger partial charge in [-0.1, -0.05) is 6.08 Å². The van der Waals surface area contributed by atoms with E-state index >= 15 is 0 Å². The average molecular weight is 274 g/mol. The minimum Gasteiger partial charge on any atom is -0.428 e. The van der Waals surface area contributed by atoms with E-state index in [0.29, 0.717) is 22.8 Å². The molecule has 3 aromatic heterocycles. The van der Waals surface area contributed by atoms with Crippen LogP contribution in [0.3, 0.4) is 0 Å². The molecule has 7 heteroatoms. The quantitative estimate of drug-likeness (QED) is 0.646. The molecule has 3 heterocycles. The zero-order chi connectivity index (χ0) is 14.6. The first-order valence-electron chi connectivity index (χ1n) is 6.16. The van der Waals surface area contributed by atoms with Gasteiger partial charge < -0.3 is 4.42 Å². The molecule has 0 bridgehead atoms. The third-order valence-electron chi connectivity index (χ3n) is 3.51. The molecule has 0 fully saturated rings. The Hall–Kier alpha value is -2.57. The largest absolute Gasteiger partial charge is 0.428 e. The third kappa shape index (κ3) is 1.37. The second-order valence-electron chi connectivity index (χ2n) is 4.69. The van der Waals surface area contributed by atoms with Gasteiger partial charge in [0.2, 0.25) is 0 Å². The van der Waals surface area contributed by atoms with Crippen molar-refractivity contribution in [2.24, 2.45) is 7.05 Å². The number of nitrogens with zero attached hydrogens (tertiary/aromatic N) is 4. The summed E-state index contributed by atoms with van der Waals surface area (Å²) in [5, 5.41) is 0. The Kier molecular flexibility index (Phi) is 2.47. The predicted octanol–water partition coefficient (Wildman–Crippen LogP) is 0.744. The SMILES string of the molecule is C=CCn1c(=O)c2c(nc3oc(C)c(C)n32)n(C)c1=O. The van der Waals surface area contributed by atoms with Crippen molar-refractivity contribution in [2.45, 2.75) is 20.4 Å². The lowest BCUT2D eigenvalue weighted by molar-refractivity contribution is 0.561.